The Hall–Kier alpha value is -1.59. The zero-order chi connectivity index (χ0) is 11.4. The minimum absolute atomic E-state index is 0.0199. The summed E-state index contributed by atoms with van der Waals surface area (Å²) in [7, 11) is 2.51. The van der Waals surface area contributed by atoms with Gasteiger partial charge in [0.05, 0.1) is 14.2 Å². The first-order chi connectivity index (χ1) is 7.08. The molecule has 0 spiro atoms. The SMILES string of the molecule is COc1cc(OC)c(OC(F)F)cc1F. The smallest absolute Gasteiger partial charge is 0.387 e. The maximum absolute atomic E-state index is 13.1. The Kier molecular flexibility index (Phi) is 3.65. The number of ether oxygens (including phenoxy) is 3. The molecule has 1 rings (SSSR count). The fourth-order valence-electron chi connectivity index (χ4n) is 1.02. The van der Waals surface area contributed by atoms with Crippen LogP contribution in [-0.2, 0) is 0 Å². The van der Waals surface area contributed by atoms with Gasteiger partial charge in [0.2, 0.25) is 0 Å². The number of hydrogen-bond donors (Lipinski definition) is 0. The summed E-state index contributed by atoms with van der Waals surface area (Å²) in [6.45, 7) is -3.04. The fourth-order valence-corrected chi connectivity index (χ4v) is 1.02. The molecule has 0 bridgehead atoms. The van der Waals surface area contributed by atoms with E-state index in [1.165, 1.54) is 14.2 Å². The quantitative estimate of drug-likeness (QED) is 0.783. The fraction of sp³-hybridized carbons (Fsp3) is 0.333. The Balaban J connectivity index is 3.09. The Morgan fingerprint density at radius 1 is 1.00 bits per heavy atom. The lowest BCUT2D eigenvalue weighted by Gasteiger charge is -2.11. The third-order valence-corrected chi connectivity index (χ3v) is 1.65. The molecule has 0 aliphatic heterocycles. The molecule has 84 valence electrons. The van der Waals surface area contributed by atoms with E-state index in [1.54, 1.807) is 0 Å². The van der Waals surface area contributed by atoms with Crippen molar-refractivity contribution in [3.05, 3.63) is 17.9 Å². The molecular weight excluding hydrogens is 213 g/mol. The van der Waals surface area contributed by atoms with Crippen molar-refractivity contribution in [2.45, 2.75) is 6.61 Å². The van der Waals surface area contributed by atoms with Crippen LogP contribution < -0.4 is 14.2 Å². The first-order valence-electron chi connectivity index (χ1n) is 3.94. The van der Waals surface area contributed by atoms with Crippen molar-refractivity contribution >= 4 is 0 Å². The average Bonchev–Trinajstić information content (AvgIpc) is 2.17. The topological polar surface area (TPSA) is 27.7 Å². The van der Waals surface area contributed by atoms with E-state index in [0.29, 0.717) is 0 Å². The molecule has 0 amide bonds. The number of benzene rings is 1. The Labute approximate surface area is 84.4 Å². The molecule has 15 heavy (non-hydrogen) atoms. The number of rotatable bonds is 4. The molecule has 0 radical (unpaired) electrons. The van der Waals surface area contributed by atoms with Gasteiger partial charge in [0.1, 0.15) is 0 Å². The number of hydrogen-bond acceptors (Lipinski definition) is 3. The molecule has 0 unspecified atom stereocenters. The van der Waals surface area contributed by atoms with E-state index < -0.39 is 12.4 Å². The van der Waals surface area contributed by atoms with Gasteiger partial charge in [-0.3, -0.25) is 0 Å². The van der Waals surface area contributed by atoms with Crippen LogP contribution >= 0.6 is 0 Å². The van der Waals surface area contributed by atoms with E-state index in [9.17, 15) is 13.2 Å². The largest absolute Gasteiger partial charge is 0.494 e. The molecule has 6 heteroatoms. The van der Waals surface area contributed by atoms with Gasteiger partial charge in [0.15, 0.2) is 23.1 Å². The molecule has 1 aromatic rings. The van der Waals surface area contributed by atoms with Crippen LogP contribution in [0.3, 0.4) is 0 Å². The lowest BCUT2D eigenvalue weighted by Crippen LogP contribution is -2.04. The summed E-state index contributed by atoms with van der Waals surface area (Å²) in [5.74, 6) is -1.29. The van der Waals surface area contributed by atoms with Crippen molar-refractivity contribution in [1.29, 1.82) is 0 Å². The summed E-state index contributed by atoms with van der Waals surface area (Å²) in [4.78, 5) is 0. The minimum Gasteiger partial charge on any atom is -0.494 e. The second kappa shape index (κ2) is 4.77. The minimum atomic E-state index is -3.04. The zero-order valence-electron chi connectivity index (χ0n) is 8.09. The second-order valence-corrected chi connectivity index (χ2v) is 2.52. The van der Waals surface area contributed by atoms with Crippen LogP contribution in [0, 0.1) is 5.82 Å². The van der Waals surface area contributed by atoms with E-state index in [4.69, 9.17) is 4.74 Å². The summed E-state index contributed by atoms with van der Waals surface area (Å²) in [6.07, 6.45) is 0. The first-order valence-corrected chi connectivity index (χ1v) is 3.94. The maximum Gasteiger partial charge on any atom is 0.387 e. The molecule has 0 atom stereocenters. The van der Waals surface area contributed by atoms with Crippen LogP contribution in [-0.4, -0.2) is 20.8 Å². The van der Waals surface area contributed by atoms with Crippen molar-refractivity contribution in [3.8, 4) is 17.2 Å². The highest BCUT2D eigenvalue weighted by Crippen LogP contribution is 2.34. The van der Waals surface area contributed by atoms with E-state index >= 15 is 0 Å². The van der Waals surface area contributed by atoms with Crippen molar-refractivity contribution in [3.63, 3.8) is 0 Å². The molecule has 0 saturated carbocycles. The molecular formula is C9H9F3O3. The molecule has 1 aromatic carbocycles. The van der Waals surface area contributed by atoms with Gasteiger partial charge < -0.3 is 14.2 Å². The first kappa shape index (κ1) is 11.5. The highest BCUT2D eigenvalue weighted by Gasteiger charge is 2.15. The van der Waals surface area contributed by atoms with E-state index in [-0.39, 0.29) is 17.2 Å². The van der Waals surface area contributed by atoms with Gasteiger partial charge in [-0.25, -0.2) is 4.39 Å². The second-order valence-electron chi connectivity index (χ2n) is 2.52. The van der Waals surface area contributed by atoms with Crippen LogP contribution in [0.2, 0.25) is 0 Å². The van der Waals surface area contributed by atoms with E-state index in [1.807, 2.05) is 0 Å². The monoisotopic (exact) mass is 222 g/mol. The van der Waals surface area contributed by atoms with Crippen molar-refractivity contribution in [2.24, 2.45) is 0 Å². The summed E-state index contributed by atoms with van der Waals surface area (Å²) < 4.78 is 50.4. The highest BCUT2D eigenvalue weighted by molar-refractivity contribution is 5.46. The lowest BCUT2D eigenvalue weighted by atomic mass is 10.3. The van der Waals surface area contributed by atoms with E-state index in [2.05, 4.69) is 9.47 Å². The van der Waals surface area contributed by atoms with Crippen molar-refractivity contribution in [2.75, 3.05) is 14.2 Å². The van der Waals surface area contributed by atoms with Crippen molar-refractivity contribution in [1.82, 2.24) is 0 Å². The predicted molar refractivity (Wildman–Crippen MR) is 46.1 cm³/mol. The predicted octanol–water partition coefficient (Wildman–Crippen LogP) is 2.44. The standard InChI is InChI=1S/C9H9F3O3/c1-13-6-4-7(14-2)8(3-5(6)10)15-9(11)12/h3-4,9H,1-2H3. The Morgan fingerprint density at radius 2 is 1.60 bits per heavy atom. The Bertz CT molecular complexity index is 342. The van der Waals surface area contributed by atoms with Crippen LogP contribution in [0.1, 0.15) is 0 Å². The van der Waals surface area contributed by atoms with Gasteiger partial charge in [0.25, 0.3) is 0 Å². The van der Waals surface area contributed by atoms with Gasteiger partial charge >= 0.3 is 6.61 Å². The number of halogens is 3. The molecule has 0 aliphatic carbocycles. The molecule has 0 N–H and O–H groups in total. The third kappa shape index (κ3) is 2.68. The Morgan fingerprint density at radius 3 is 2.07 bits per heavy atom. The van der Waals surface area contributed by atoms with Crippen LogP contribution in [0.15, 0.2) is 12.1 Å². The zero-order valence-corrected chi connectivity index (χ0v) is 8.09. The molecule has 0 heterocycles. The average molecular weight is 222 g/mol. The van der Waals surface area contributed by atoms with Crippen LogP contribution in [0.25, 0.3) is 0 Å². The van der Waals surface area contributed by atoms with Gasteiger partial charge in [-0.2, -0.15) is 8.78 Å². The molecule has 0 fully saturated rings. The number of methoxy groups -OCH3 is 2. The summed E-state index contributed by atoms with van der Waals surface area (Å²) in [6, 6.07) is 1.91. The van der Waals surface area contributed by atoms with Gasteiger partial charge in [-0.05, 0) is 0 Å². The van der Waals surface area contributed by atoms with Crippen LogP contribution in [0.4, 0.5) is 13.2 Å². The summed E-state index contributed by atoms with van der Waals surface area (Å²) >= 11 is 0. The van der Waals surface area contributed by atoms with Gasteiger partial charge in [0, 0.05) is 12.1 Å². The normalized spacial score (nSPS) is 10.3. The van der Waals surface area contributed by atoms with E-state index in [0.717, 1.165) is 12.1 Å². The lowest BCUT2D eigenvalue weighted by molar-refractivity contribution is -0.0514. The molecule has 3 nitrogen and oxygen atoms in total. The van der Waals surface area contributed by atoms with Gasteiger partial charge in [-0.1, -0.05) is 0 Å². The highest BCUT2D eigenvalue weighted by atomic mass is 19.3. The molecule has 0 saturated heterocycles. The van der Waals surface area contributed by atoms with Gasteiger partial charge in [-0.15, -0.1) is 0 Å². The maximum atomic E-state index is 13.1. The van der Waals surface area contributed by atoms with Crippen LogP contribution in [0.5, 0.6) is 17.2 Å². The summed E-state index contributed by atoms with van der Waals surface area (Å²) in [5, 5.41) is 0. The molecule has 0 aromatic heterocycles. The molecule has 0 aliphatic rings. The number of alkyl halides is 2. The third-order valence-electron chi connectivity index (χ3n) is 1.65. The summed E-state index contributed by atoms with van der Waals surface area (Å²) in [5.41, 5.74) is 0. The van der Waals surface area contributed by atoms with Crippen molar-refractivity contribution < 1.29 is 27.4 Å².